The second kappa shape index (κ2) is 3.46. The number of benzene rings is 1. The number of halogens is 1. The lowest BCUT2D eigenvalue weighted by atomic mass is 10.1. The number of carbonyl (C=O) groups is 1. The monoisotopic (exact) mass is 195 g/mol. The lowest BCUT2D eigenvalue weighted by Gasteiger charge is -2.01. The lowest BCUT2D eigenvalue weighted by molar-refractivity contribution is 0.0697. The highest BCUT2D eigenvalue weighted by atomic mass is 35.5. The molecule has 0 aliphatic heterocycles. The largest absolute Gasteiger partial charge is 0.478 e. The zero-order valence-electron chi connectivity index (χ0n) is 6.84. The fraction of sp³-hybridized carbons (Fsp3) is 0.111. The van der Waals surface area contributed by atoms with Crippen LogP contribution < -0.4 is 0 Å². The van der Waals surface area contributed by atoms with Gasteiger partial charge in [0.1, 0.15) is 6.07 Å². The van der Waals surface area contributed by atoms with Crippen LogP contribution in [0.15, 0.2) is 12.1 Å². The van der Waals surface area contributed by atoms with E-state index < -0.39 is 5.97 Å². The molecule has 0 atom stereocenters. The maximum atomic E-state index is 10.6. The van der Waals surface area contributed by atoms with Crippen LogP contribution in [0.3, 0.4) is 0 Å². The Balaban J connectivity index is 3.41. The van der Waals surface area contributed by atoms with Crippen molar-refractivity contribution in [2.75, 3.05) is 0 Å². The Morgan fingerprint density at radius 3 is 2.69 bits per heavy atom. The van der Waals surface area contributed by atoms with E-state index in [9.17, 15) is 4.79 Å². The molecule has 0 saturated heterocycles. The minimum Gasteiger partial charge on any atom is -0.478 e. The number of hydrogen-bond donors (Lipinski definition) is 1. The Kier molecular flexibility index (Phi) is 2.54. The number of carboxylic acids is 1. The van der Waals surface area contributed by atoms with Crippen molar-refractivity contribution in [1.82, 2.24) is 0 Å². The fourth-order valence-electron chi connectivity index (χ4n) is 0.974. The summed E-state index contributed by atoms with van der Waals surface area (Å²) in [4.78, 5) is 10.6. The summed E-state index contributed by atoms with van der Waals surface area (Å²) in [7, 11) is 0. The maximum absolute atomic E-state index is 10.6. The summed E-state index contributed by atoms with van der Waals surface area (Å²) in [5, 5.41) is 17.6. The Bertz CT molecular complexity index is 407. The molecular formula is C9H6ClNO2. The van der Waals surface area contributed by atoms with E-state index in [0.29, 0.717) is 10.6 Å². The van der Waals surface area contributed by atoms with E-state index in [1.54, 1.807) is 6.92 Å². The molecule has 13 heavy (non-hydrogen) atoms. The minimum atomic E-state index is -1.06. The van der Waals surface area contributed by atoms with Crippen LogP contribution in [0.25, 0.3) is 0 Å². The number of nitriles is 1. The molecule has 1 aromatic carbocycles. The number of hydrogen-bond acceptors (Lipinski definition) is 2. The third kappa shape index (κ3) is 1.79. The van der Waals surface area contributed by atoms with Crippen LogP contribution in [0, 0.1) is 18.3 Å². The topological polar surface area (TPSA) is 61.1 Å². The molecule has 0 bridgehead atoms. The smallest absolute Gasteiger partial charge is 0.335 e. The van der Waals surface area contributed by atoms with Crippen LogP contribution in [0.1, 0.15) is 21.5 Å². The van der Waals surface area contributed by atoms with Crippen molar-refractivity contribution >= 4 is 17.6 Å². The van der Waals surface area contributed by atoms with Gasteiger partial charge in [-0.1, -0.05) is 11.6 Å². The molecule has 0 fully saturated rings. The van der Waals surface area contributed by atoms with Crippen molar-refractivity contribution in [3.05, 3.63) is 33.8 Å². The molecule has 0 heterocycles. The number of aryl methyl sites for hydroxylation is 1. The van der Waals surface area contributed by atoms with E-state index in [4.69, 9.17) is 22.0 Å². The summed E-state index contributed by atoms with van der Waals surface area (Å²) < 4.78 is 0. The van der Waals surface area contributed by atoms with Crippen LogP contribution in [-0.4, -0.2) is 11.1 Å². The Morgan fingerprint density at radius 1 is 1.62 bits per heavy atom. The Morgan fingerprint density at radius 2 is 2.23 bits per heavy atom. The van der Waals surface area contributed by atoms with E-state index in [2.05, 4.69) is 0 Å². The molecule has 0 aromatic heterocycles. The molecule has 0 aliphatic rings. The predicted octanol–water partition coefficient (Wildman–Crippen LogP) is 2.22. The summed E-state index contributed by atoms with van der Waals surface area (Å²) in [5.41, 5.74) is 0.871. The van der Waals surface area contributed by atoms with Crippen molar-refractivity contribution in [2.45, 2.75) is 6.92 Å². The summed E-state index contributed by atoms with van der Waals surface area (Å²) in [6.07, 6.45) is 0. The number of carboxylic acid groups (broad SMARTS) is 1. The zero-order chi connectivity index (χ0) is 10.0. The van der Waals surface area contributed by atoms with Gasteiger partial charge in [0.2, 0.25) is 0 Å². The van der Waals surface area contributed by atoms with Gasteiger partial charge in [0.05, 0.1) is 16.1 Å². The third-order valence-corrected chi connectivity index (χ3v) is 2.12. The van der Waals surface area contributed by atoms with E-state index in [1.165, 1.54) is 12.1 Å². The first-order valence-corrected chi connectivity index (χ1v) is 3.87. The van der Waals surface area contributed by atoms with E-state index in [1.807, 2.05) is 6.07 Å². The van der Waals surface area contributed by atoms with Gasteiger partial charge in [-0.2, -0.15) is 5.26 Å². The molecule has 4 heteroatoms. The Hall–Kier alpha value is -1.53. The molecule has 3 nitrogen and oxygen atoms in total. The van der Waals surface area contributed by atoms with Crippen LogP contribution >= 0.6 is 11.6 Å². The van der Waals surface area contributed by atoms with Gasteiger partial charge >= 0.3 is 5.97 Å². The van der Waals surface area contributed by atoms with Gasteiger partial charge in [0.15, 0.2) is 0 Å². The van der Waals surface area contributed by atoms with E-state index in [-0.39, 0.29) is 11.1 Å². The average molecular weight is 196 g/mol. The molecule has 1 N–H and O–H groups in total. The first-order chi connectivity index (χ1) is 6.06. The predicted molar refractivity (Wildman–Crippen MR) is 47.9 cm³/mol. The minimum absolute atomic E-state index is 0.0819. The third-order valence-electron chi connectivity index (χ3n) is 1.62. The molecule has 0 spiro atoms. The Labute approximate surface area is 80.2 Å². The lowest BCUT2D eigenvalue weighted by Crippen LogP contribution is -1.98. The number of aromatic carboxylic acids is 1. The first-order valence-electron chi connectivity index (χ1n) is 3.50. The number of rotatable bonds is 1. The molecule has 1 rings (SSSR count). The van der Waals surface area contributed by atoms with E-state index in [0.717, 1.165) is 0 Å². The van der Waals surface area contributed by atoms with Gasteiger partial charge in [-0.15, -0.1) is 0 Å². The first kappa shape index (κ1) is 9.56. The van der Waals surface area contributed by atoms with Crippen LogP contribution in [0.5, 0.6) is 0 Å². The van der Waals surface area contributed by atoms with Gasteiger partial charge in [-0.3, -0.25) is 0 Å². The molecule has 0 aliphatic carbocycles. The van der Waals surface area contributed by atoms with Gasteiger partial charge < -0.3 is 5.11 Å². The average Bonchev–Trinajstić information content (AvgIpc) is 2.09. The highest BCUT2D eigenvalue weighted by Gasteiger charge is 2.09. The molecular weight excluding hydrogens is 190 g/mol. The standard InChI is InChI=1S/C9H6ClNO2/c1-5-2-6(9(12)13)3-7(4-11)8(5)10/h2-3H,1H3,(H,12,13). The summed E-state index contributed by atoms with van der Waals surface area (Å²) >= 11 is 5.75. The molecule has 0 unspecified atom stereocenters. The second-order valence-corrected chi connectivity index (χ2v) is 2.95. The molecule has 66 valence electrons. The fourth-order valence-corrected chi connectivity index (χ4v) is 1.13. The summed E-state index contributed by atoms with van der Waals surface area (Å²) in [5.74, 6) is -1.06. The highest BCUT2D eigenvalue weighted by Crippen LogP contribution is 2.21. The SMILES string of the molecule is Cc1cc(C(=O)O)cc(C#N)c1Cl. The zero-order valence-corrected chi connectivity index (χ0v) is 7.59. The molecule has 0 amide bonds. The van der Waals surface area contributed by atoms with Gasteiger partial charge in [-0.05, 0) is 24.6 Å². The van der Waals surface area contributed by atoms with E-state index >= 15 is 0 Å². The van der Waals surface area contributed by atoms with Crippen LogP contribution in [0.2, 0.25) is 5.02 Å². The quantitative estimate of drug-likeness (QED) is 0.748. The summed E-state index contributed by atoms with van der Waals surface area (Å²) in [6, 6.07) is 4.53. The molecule has 1 aromatic rings. The van der Waals surface area contributed by atoms with Crippen molar-refractivity contribution < 1.29 is 9.90 Å². The summed E-state index contributed by atoms with van der Waals surface area (Å²) in [6.45, 7) is 1.66. The van der Waals surface area contributed by atoms with Crippen LogP contribution in [0.4, 0.5) is 0 Å². The number of nitrogens with zero attached hydrogens (tertiary/aromatic N) is 1. The normalized spacial score (nSPS) is 9.31. The second-order valence-electron chi connectivity index (χ2n) is 2.57. The molecule has 0 saturated carbocycles. The highest BCUT2D eigenvalue weighted by molar-refractivity contribution is 6.32. The van der Waals surface area contributed by atoms with Gasteiger partial charge in [0.25, 0.3) is 0 Å². The van der Waals surface area contributed by atoms with Crippen molar-refractivity contribution in [2.24, 2.45) is 0 Å². The van der Waals surface area contributed by atoms with Gasteiger partial charge in [0, 0.05) is 0 Å². The maximum Gasteiger partial charge on any atom is 0.335 e. The van der Waals surface area contributed by atoms with Crippen molar-refractivity contribution in [3.63, 3.8) is 0 Å². The van der Waals surface area contributed by atoms with Crippen molar-refractivity contribution in [3.8, 4) is 6.07 Å². The van der Waals surface area contributed by atoms with Gasteiger partial charge in [-0.25, -0.2) is 4.79 Å². The van der Waals surface area contributed by atoms with Crippen molar-refractivity contribution in [1.29, 1.82) is 5.26 Å². The van der Waals surface area contributed by atoms with Crippen LogP contribution in [-0.2, 0) is 0 Å². The molecule has 0 radical (unpaired) electrons.